The third kappa shape index (κ3) is 7.99. The lowest BCUT2D eigenvalue weighted by Gasteiger charge is -2.23. The minimum absolute atomic E-state index is 0.190. The van der Waals surface area contributed by atoms with E-state index in [0.29, 0.717) is 42.4 Å². The van der Waals surface area contributed by atoms with Crippen molar-refractivity contribution in [3.05, 3.63) is 27.7 Å². The number of nitrogens with one attached hydrogen (secondary N) is 1. The fourth-order valence-corrected chi connectivity index (χ4v) is 2.63. The molecule has 0 aliphatic carbocycles. The highest BCUT2D eigenvalue weighted by Crippen LogP contribution is 2.33. The van der Waals surface area contributed by atoms with Crippen molar-refractivity contribution in [3.63, 3.8) is 0 Å². The number of carbonyl (C=O) groups is 1. The summed E-state index contributed by atoms with van der Waals surface area (Å²) < 4.78 is 16.1. The van der Waals surface area contributed by atoms with E-state index in [0.717, 1.165) is 0 Å². The molecule has 0 spiro atoms. The van der Waals surface area contributed by atoms with Crippen LogP contribution in [0.4, 0.5) is 4.79 Å². The first-order valence-electron chi connectivity index (χ1n) is 8.37. The number of aliphatic hydroxyl groups is 1. The molecule has 1 amide bonds. The highest BCUT2D eigenvalue weighted by Gasteiger charge is 2.19. The molecule has 6 nitrogen and oxygen atoms in total. The van der Waals surface area contributed by atoms with Gasteiger partial charge in [0, 0.05) is 12.7 Å². The number of hydrogen-bond acceptors (Lipinski definition) is 5. The summed E-state index contributed by atoms with van der Waals surface area (Å²) in [6.45, 7) is 5.92. The van der Waals surface area contributed by atoms with Gasteiger partial charge in [0.2, 0.25) is 0 Å². The number of hydrogen-bond donors (Lipinski definition) is 2. The SMILES string of the molecule is COC[C@@H](CCCOc1ccc(Cl)c(Cl)c1CO)NC(=O)OC(C)(C)C. The number of alkyl carbamates (subject to hydrolysis) is 1. The molecule has 1 rings (SSSR count). The largest absolute Gasteiger partial charge is 0.493 e. The molecule has 2 N–H and O–H groups in total. The van der Waals surface area contributed by atoms with Crippen molar-refractivity contribution in [2.24, 2.45) is 0 Å². The monoisotopic (exact) mass is 407 g/mol. The zero-order valence-electron chi connectivity index (χ0n) is 15.6. The van der Waals surface area contributed by atoms with Gasteiger partial charge < -0.3 is 24.6 Å². The van der Waals surface area contributed by atoms with Gasteiger partial charge in [0.05, 0.1) is 35.9 Å². The second-order valence-corrected chi connectivity index (χ2v) is 7.57. The maximum Gasteiger partial charge on any atom is 0.407 e. The van der Waals surface area contributed by atoms with Crippen LogP contribution in [0.1, 0.15) is 39.2 Å². The Morgan fingerprint density at radius 1 is 1.31 bits per heavy atom. The zero-order valence-corrected chi connectivity index (χ0v) is 17.1. The molecular weight excluding hydrogens is 381 g/mol. The van der Waals surface area contributed by atoms with Crippen LogP contribution in [0.5, 0.6) is 5.75 Å². The van der Waals surface area contributed by atoms with E-state index in [1.54, 1.807) is 19.2 Å². The number of halogens is 2. The summed E-state index contributed by atoms with van der Waals surface area (Å²) in [7, 11) is 1.57. The van der Waals surface area contributed by atoms with Gasteiger partial charge in [0.25, 0.3) is 0 Å². The molecule has 0 bridgehead atoms. The number of amides is 1. The van der Waals surface area contributed by atoms with Crippen LogP contribution in [0.2, 0.25) is 10.0 Å². The van der Waals surface area contributed by atoms with Gasteiger partial charge in [-0.2, -0.15) is 0 Å². The molecule has 8 heteroatoms. The molecule has 0 saturated heterocycles. The van der Waals surface area contributed by atoms with E-state index in [-0.39, 0.29) is 17.7 Å². The van der Waals surface area contributed by atoms with E-state index >= 15 is 0 Å². The Kier molecular flexibility index (Phi) is 9.50. The molecule has 26 heavy (non-hydrogen) atoms. The number of ether oxygens (including phenoxy) is 3. The van der Waals surface area contributed by atoms with Crippen molar-refractivity contribution in [3.8, 4) is 5.75 Å². The van der Waals surface area contributed by atoms with Gasteiger partial charge in [-0.05, 0) is 45.7 Å². The molecule has 0 saturated carbocycles. The molecule has 0 radical (unpaired) electrons. The van der Waals surface area contributed by atoms with Crippen LogP contribution in [0, 0.1) is 0 Å². The Labute approximate surface area is 164 Å². The van der Waals surface area contributed by atoms with E-state index in [2.05, 4.69) is 5.32 Å². The van der Waals surface area contributed by atoms with Gasteiger partial charge in [0.15, 0.2) is 0 Å². The highest BCUT2D eigenvalue weighted by atomic mass is 35.5. The summed E-state index contributed by atoms with van der Waals surface area (Å²) >= 11 is 12.0. The van der Waals surface area contributed by atoms with Crippen molar-refractivity contribution in [1.82, 2.24) is 5.32 Å². The fraction of sp³-hybridized carbons (Fsp3) is 0.611. The quantitative estimate of drug-likeness (QED) is 0.600. The highest BCUT2D eigenvalue weighted by molar-refractivity contribution is 6.42. The van der Waals surface area contributed by atoms with Gasteiger partial charge >= 0.3 is 6.09 Å². The topological polar surface area (TPSA) is 77.0 Å². The predicted octanol–water partition coefficient (Wildman–Crippen LogP) is 4.18. The van der Waals surface area contributed by atoms with Crippen LogP contribution >= 0.6 is 23.2 Å². The molecule has 0 aliphatic rings. The summed E-state index contributed by atoms with van der Waals surface area (Å²) in [5.74, 6) is 0.491. The number of methoxy groups -OCH3 is 1. The summed E-state index contributed by atoms with van der Waals surface area (Å²) in [6.07, 6.45) is 0.824. The Morgan fingerprint density at radius 2 is 2.00 bits per heavy atom. The lowest BCUT2D eigenvalue weighted by molar-refractivity contribution is 0.0461. The zero-order chi connectivity index (χ0) is 19.7. The van der Waals surface area contributed by atoms with Crippen LogP contribution in [0.3, 0.4) is 0 Å². The van der Waals surface area contributed by atoms with Gasteiger partial charge in [0.1, 0.15) is 11.4 Å². The number of carbonyl (C=O) groups excluding carboxylic acids is 1. The fourth-order valence-electron chi connectivity index (χ4n) is 2.24. The number of benzene rings is 1. The van der Waals surface area contributed by atoms with Gasteiger partial charge in [-0.25, -0.2) is 4.79 Å². The average molecular weight is 408 g/mol. The van der Waals surface area contributed by atoms with Crippen molar-refractivity contribution in [2.75, 3.05) is 20.3 Å². The van der Waals surface area contributed by atoms with Crippen molar-refractivity contribution in [2.45, 2.75) is 51.9 Å². The summed E-state index contributed by atoms with van der Waals surface area (Å²) in [5, 5.41) is 12.9. The lowest BCUT2D eigenvalue weighted by atomic mass is 10.1. The minimum atomic E-state index is -0.556. The first-order valence-corrected chi connectivity index (χ1v) is 9.12. The number of rotatable bonds is 9. The van der Waals surface area contributed by atoms with E-state index in [9.17, 15) is 9.90 Å². The van der Waals surface area contributed by atoms with Gasteiger partial charge in [-0.1, -0.05) is 23.2 Å². The van der Waals surface area contributed by atoms with Gasteiger partial charge in [-0.3, -0.25) is 0 Å². The summed E-state index contributed by atoms with van der Waals surface area (Å²) in [5.41, 5.74) is -0.0983. The molecule has 148 valence electrons. The number of aliphatic hydroxyl groups excluding tert-OH is 1. The van der Waals surface area contributed by atoms with Crippen LogP contribution in [-0.4, -0.2) is 43.2 Å². The smallest absolute Gasteiger partial charge is 0.407 e. The van der Waals surface area contributed by atoms with Crippen LogP contribution in [0.25, 0.3) is 0 Å². The van der Waals surface area contributed by atoms with E-state index < -0.39 is 11.7 Å². The third-order valence-corrected chi connectivity index (χ3v) is 4.20. The molecule has 1 atom stereocenters. The predicted molar refractivity (Wildman–Crippen MR) is 102 cm³/mol. The molecule has 0 aliphatic heterocycles. The maximum atomic E-state index is 11.9. The lowest BCUT2D eigenvalue weighted by Crippen LogP contribution is -2.41. The van der Waals surface area contributed by atoms with Crippen molar-refractivity contribution < 1.29 is 24.1 Å². The minimum Gasteiger partial charge on any atom is -0.493 e. The average Bonchev–Trinajstić information content (AvgIpc) is 2.53. The molecule has 1 aromatic carbocycles. The van der Waals surface area contributed by atoms with Crippen LogP contribution in [-0.2, 0) is 16.1 Å². The molecule has 0 fully saturated rings. The summed E-state index contributed by atoms with van der Waals surface area (Å²) in [6, 6.07) is 3.10. The van der Waals surface area contributed by atoms with Crippen molar-refractivity contribution >= 4 is 29.3 Å². The van der Waals surface area contributed by atoms with E-state index in [4.69, 9.17) is 37.4 Å². The summed E-state index contributed by atoms with van der Waals surface area (Å²) in [4.78, 5) is 11.9. The normalized spacial score (nSPS) is 12.6. The van der Waals surface area contributed by atoms with Crippen molar-refractivity contribution in [1.29, 1.82) is 0 Å². The first-order chi connectivity index (χ1) is 12.2. The standard InChI is InChI=1S/C18H27Cl2NO5/c1-18(2,3)26-17(23)21-12(11-24-4)6-5-9-25-15-8-7-14(19)16(20)13(15)10-22/h7-8,12,22H,5-6,9-11H2,1-4H3,(H,21,23)/t12-/m1/s1. The second-order valence-electron chi connectivity index (χ2n) is 6.79. The maximum absolute atomic E-state index is 11.9. The van der Waals surface area contributed by atoms with Crippen LogP contribution in [0.15, 0.2) is 12.1 Å². The molecule has 1 aromatic rings. The van der Waals surface area contributed by atoms with Gasteiger partial charge in [-0.15, -0.1) is 0 Å². The Hall–Kier alpha value is -1.21. The Bertz CT molecular complexity index is 590. The second kappa shape index (κ2) is 10.8. The Morgan fingerprint density at radius 3 is 2.58 bits per heavy atom. The van der Waals surface area contributed by atoms with Crippen LogP contribution < -0.4 is 10.1 Å². The van der Waals surface area contributed by atoms with E-state index in [1.807, 2.05) is 20.8 Å². The first kappa shape index (κ1) is 22.8. The molecule has 0 aromatic heterocycles. The third-order valence-electron chi connectivity index (χ3n) is 3.35. The molecule has 0 unspecified atom stereocenters. The Balaban J connectivity index is 2.51. The molecule has 0 heterocycles. The van der Waals surface area contributed by atoms with E-state index in [1.165, 1.54) is 0 Å². The molecular formula is C18H27Cl2NO5.